The van der Waals surface area contributed by atoms with Crippen LogP contribution in [0.3, 0.4) is 0 Å². The van der Waals surface area contributed by atoms with Gasteiger partial charge in [-0.15, -0.1) is 0 Å². The van der Waals surface area contributed by atoms with Gasteiger partial charge in [0.15, 0.2) is 0 Å². The van der Waals surface area contributed by atoms with E-state index in [0.717, 1.165) is 0 Å². The van der Waals surface area contributed by atoms with Gasteiger partial charge in [-0.05, 0) is 0 Å². The van der Waals surface area contributed by atoms with E-state index in [1.807, 2.05) is 0 Å². The molecule has 0 aliphatic heterocycles. The second-order valence-corrected chi connectivity index (χ2v) is 1.54. The molecule has 0 fully saturated rings. The topological polar surface area (TPSA) is 77.8 Å². The van der Waals surface area contributed by atoms with Crippen LogP contribution in [0.1, 0.15) is 0 Å². The molecule has 1 radical (unpaired) electrons. The molecule has 4 nitrogen and oxygen atoms in total. The Hall–Kier alpha value is 0.110. The van der Waals surface area contributed by atoms with Gasteiger partial charge in [0.1, 0.15) is 0 Å². The van der Waals surface area contributed by atoms with Crippen molar-refractivity contribution in [1.82, 2.24) is 0 Å². The van der Waals surface area contributed by atoms with Gasteiger partial charge in [-0.25, -0.2) is 4.57 Å². The van der Waals surface area contributed by atoms with Gasteiger partial charge in [0.25, 0.3) is 0 Å². The van der Waals surface area contributed by atoms with Crippen molar-refractivity contribution in [3.8, 4) is 0 Å². The van der Waals surface area contributed by atoms with Gasteiger partial charge in [-0.1, -0.05) is 7.43 Å². The molecule has 0 heterocycles. The smallest absolute Gasteiger partial charge is 0.303 e. The summed E-state index contributed by atoms with van der Waals surface area (Å²) in [7, 11) is -4.64. The van der Waals surface area contributed by atoms with Gasteiger partial charge in [0, 0.05) is 0 Å². The van der Waals surface area contributed by atoms with E-state index < -0.39 is 7.82 Å². The fraction of sp³-hybridized carbons (Fsp3) is 0. The first-order valence-corrected chi connectivity index (χ1v) is 2.35. The molecule has 6 heavy (non-hydrogen) atoms. The molecule has 0 bridgehead atoms. The lowest BCUT2D eigenvalue weighted by molar-refractivity contribution is 0.275. The molecule has 5 heteroatoms. The van der Waals surface area contributed by atoms with E-state index in [1.54, 1.807) is 0 Å². The standard InChI is InChI=1S/CH3.H3O4P/c;1-5(2,3)4/h1H3;(H3,1,2,3,4). The Morgan fingerprint density at radius 2 is 1.17 bits per heavy atom. The molecule has 0 spiro atoms. The van der Waals surface area contributed by atoms with Gasteiger partial charge in [-0.3, -0.25) is 0 Å². The summed E-state index contributed by atoms with van der Waals surface area (Å²) in [5, 5.41) is 0. The summed E-state index contributed by atoms with van der Waals surface area (Å²) < 4.78 is 8.88. The molecule has 0 atom stereocenters. The Balaban J connectivity index is 0. The van der Waals surface area contributed by atoms with Crippen molar-refractivity contribution in [2.45, 2.75) is 0 Å². The molecular formula is CH6O4P. The Morgan fingerprint density at radius 3 is 1.17 bits per heavy atom. The average molecular weight is 113 g/mol. The monoisotopic (exact) mass is 113 g/mol. The minimum absolute atomic E-state index is 0. The first kappa shape index (κ1) is 9.44. The summed E-state index contributed by atoms with van der Waals surface area (Å²) in [4.78, 5) is 21.6. The van der Waals surface area contributed by atoms with Crippen molar-refractivity contribution in [3.63, 3.8) is 0 Å². The summed E-state index contributed by atoms with van der Waals surface area (Å²) in [6.45, 7) is 0. The van der Waals surface area contributed by atoms with Crippen molar-refractivity contribution in [2.24, 2.45) is 0 Å². The third-order valence-electron chi connectivity index (χ3n) is 0. The van der Waals surface area contributed by atoms with E-state index in [9.17, 15) is 0 Å². The fourth-order valence-corrected chi connectivity index (χ4v) is 0. The van der Waals surface area contributed by atoms with Gasteiger partial charge in [0.05, 0.1) is 0 Å². The second kappa shape index (κ2) is 2.31. The number of hydrogen-bond donors (Lipinski definition) is 3. The van der Waals surface area contributed by atoms with Crippen molar-refractivity contribution in [1.29, 1.82) is 0 Å². The van der Waals surface area contributed by atoms with Crippen LogP contribution >= 0.6 is 7.82 Å². The van der Waals surface area contributed by atoms with Crippen LogP contribution in [-0.4, -0.2) is 14.7 Å². The van der Waals surface area contributed by atoms with Crippen LogP contribution in [0.5, 0.6) is 0 Å². The van der Waals surface area contributed by atoms with E-state index in [4.69, 9.17) is 19.2 Å². The molecular weight excluding hydrogens is 107 g/mol. The molecule has 0 aliphatic rings. The molecule has 3 N–H and O–H groups in total. The highest BCUT2D eigenvalue weighted by molar-refractivity contribution is 7.45. The fourth-order valence-electron chi connectivity index (χ4n) is 0. The van der Waals surface area contributed by atoms with Crippen LogP contribution in [0.4, 0.5) is 0 Å². The molecule has 0 amide bonds. The lowest BCUT2D eigenvalue weighted by atomic mass is 12.0. The molecule has 0 saturated heterocycles. The molecule has 0 aliphatic carbocycles. The highest BCUT2D eigenvalue weighted by atomic mass is 31.2. The molecule has 0 aromatic rings. The first-order valence-electron chi connectivity index (χ1n) is 0.783. The Bertz CT molecular complexity index is 53.7. The lowest BCUT2D eigenvalue weighted by Gasteiger charge is -1.82. The van der Waals surface area contributed by atoms with Gasteiger partial charge in [0.2, 0.25) is 0 Å². The lowest BCUT2D eigenvalue weighted by Crippen LogP contribution is -1.66. The molecule has 0 unspecified atom stereocenters. The van der Waals surface area contributed by atoms with Gasteiger partial charge >= 0.3 is 7.82 Å². The Kier molecular flexibility index (Phi) is 3.64. The minimum Gasteiger partial charge on any atom is -0.303 e. The van der Waals surface area contributed by atoms with Gasteiger partial charge < -0.3 is 14.7 Å². The van der Waals surface area contributed by atoms with Crippen LogP contribution in [0, 0.1) is 7.43 Å². The van der Waals surface area contributed by atoms with Crippen LogP contribution in [0.2, 0.25) is 0 Å². The highest BCUT2D eigenvalue weighted by Crippen LogP contribution is 2.25. The van der Waals surface area contributed by atoms with Crippen LogP contribution < -0.4 is 0 Å². The van der Waals surface area contributed by atoms with E-state index >= 15 is 0 Å². The van der Waals surface area contributed by atoms with Crippen LogP contribution in [0.25, 0.3) is 0 Å². The largest absolute Gasteiger partial charge is 0.466 e. The predicted octanol–water partition coefficient (Wildman–Crippen LogP) is -0.478. The summed E-state index contributed by atoms with van der Waals surface area (Å²) >= 11 is 0. The SMILES string of the molecule is O=P(O)(O)O.[CH3]. The molecule has 0 aromatic heterocycles. The zero-order chi connectivity index (χ0) is 4.50. The number of rotatable bonds is 0. The second-order valence-electron chi connectivity index (χ2n) is 0.513. The van der Waals surface area contributed by atoms with Crippen LogP contribution in [0.15, 0.2) is 0 Å². The van der Waals surface area contributed by atoms with Crippen molar-refractivity contribution in [3.05, 3.63) is 7.43 Å². The maximum absolute atomic E-state index is 8.88. The summed E-state index contributed by atoms with van der Waals surface area (Å²) in [5.74, 6) is 0. The molecule has 39 valence electrons. The zero-order valence-electron chi connectivity index (χ0n) is 3.20. The van der Waals surface area contributed by atoms with E-state index in [0.29, 0.717) is 0 Å². The quantitative estimate of drug-likeness (QED) is 0.371. The number of phosphoric acid groups is 1. The molecule has 0 rings (SSSR count). The van der Waals surface area contributed by atoms with Crippen molar-refractivity contribution >= 4 is 7.82 Å². The van der Waals surface area contributed by atoms with E-state index in [2.05, 4.69) is 0 Å². The Labute approximate surface area is 35.7 Å². The molecule has 0 saturated carbocycles. The van der Waals surface area contributed by atoms with E-state index in [1.165, 1.54) is 0 Å². The van der Waals surface area contributed by atoms with Gasteiger partial charge in [-0.2, -0.15) is 0 Å². The summed E-state index contributed by atoms with van der Waals surface area (Å²) in [6, 6.07) is 0. The maximum Gasteiger partial charge on any atom is 0.466 e. The Morgan fingerprint density at radius 1 is 1.17 bits per heavy atom. The third kappa shape index (κ3) is 3290. The van der Waals surface area contributed by atoms with Crippen molar-refractivity contribution < 1.29 is 19.2 Å². The average Bonchev–Trinajstić information content (AvgIpc) is 0.722. The highest BCUT2D eigenvalue weighted by Gasteiger charge is 2.00. The predicted molar refractivity (Wildman–Crippen MR) is 20.7 cm³/mol. The third-order valence-corrected chi connectivity index (χ3v) is 0. The maximum atomic E-state index is 8.88. The summed E-state index contributed by atoms with van der Waals surface area (Å²) in [5.41, 5.74) is 0. The van der Waals surface area contributed by atoms with E-state index in [-0.39, 0.29) is 7.43 Å². The van der Waals surface area contributed by atoms with Crippen LogP contribution in [-0.2, 0) is 4.57 Å². The zero-order valence-corrected chi connectivity index (χ0v) is 4.09. The number of hydrogen-bond acceptors (Lipinski definition) is 1. The normalized spacial score (nSPS) is 9.83. The summed E-state index contributed by atoms with van der Waals surface area (Å²) in [6.07, 6.45) is 0. The molecule has 0 aromatic carbocycles. The first-order chi connectivity index (χ1) is 2.00. The minimum atomic E-state index is -4.64. The van der Waals surface area contributed by atoms with Crippen molar-refractivity contribution in [2.75, 3.05) is 0 Å².